The Kier molecular flexibility index (Phi) is 8.78. The predicted octanol–water partition coefficient (Wildman–Crippen LogP) is 2.90. The van der Waals surface area contributed by atoms with E-state index in [0.717, 1.165) is 30.9 Å². The zero-order valence-corrected chi connectivity index (χ0v) is 18.8. The highest BCUT2D eigenvalue weighted by molar-refractivity contribution is 5.79. The van der Waals surface area contributed by atoms with E-state index in [1.807, 2.05) is 54.2 Å². The zero-order valence-electron chi connectivity index (χ0n) is 18.8. The maximum Gasteiger partial charge on any atom is 0.408 e. The average molecular weight is 395 g/mol. The highest BCUT2D eigenvalue weighted by atomic mass is 16.6. The molecule has 0 saturated heterocycles. The molecule has 8 heteroatoms. The fraction of sp³-hybridized carbons (Fsp3) is 0.750. The number of nitrogens with zero attached hydrogens (tertiary/aromatic N) is 4. The van der Waals surface area contributed by atoms with Crippen LogP contribution in [0.1, 0.15) is 59.9 Å². The largest absolute Gasteiger partial charge is 0.444 e. The summed E-state index contributed by atoms with van der Waals surface area (Å²) in [6, 6.07) is 0. The third kappa shape index (κ3) is 7.78. The third-order valence-electron chi connectivity index (χ3n) is 4.53. The molecule has 0 atom stereocenters. The van der Waals surface area contributed by atoms with Crippen LogP contribution in [0.3, 0.4) is 0 Å². The van der Waals surface area contributed by atoms with Crippen molar-refractivity contribution in [2.45, 2.75) is 72.1 Å². The molecule has 1 heterocycles. The smallest absolute Gasteiger partial charge is 0.408 e. The van der Waals surface area contributed by atoms with Crippen molar-refractivity contribution in [1.82, 2.24) is 25.3 Å². The minimum atomic E-state index is -0.528. The van der Waals surface area contributed by atoms with Gasteiger partial charge in [-0.25, -0.2) is 4.79 Å². The number of nitrogens with one attached hydrogen (secondary N) is 2. The van der Waals surface area contributed by atoms with Gasteiger partial charge in [0.2, 0.25) is 0 Å². The van der Waals surface area contributed by atoms with E-state index in [4.69, 9.17) is 9.73 Å². The minimum Gasteiger partial charge on any atom is -0.444 e. The van der Waals surface area contributed by atoms with Crippen LogP contribution in [0.2, 0.25) is 0 Å². The molecule has 2 N–H and O–H groups in total. The summed E-state index contributed by atoms with van der Waals surface area (Å²) in [6.07, 6.45) is 4.97. The van der Waals surface area contributed by atoms with E-state index in [1.54, 1.807) is 4.68 Å². The van der Waals surface area contributed by atoms with Crippen molar-refractivity contribution in [3.8, 4) is 0 Å². The molecule has 0 aliphatic rings. The molecule has 0 aliphatic carbocycles. The Morgan fingerprint density at radius 2 is 1.93 bits per heavy atom. The highest BCUT2D eigenvalue weighted by Gasteiger charge is 2.30. The Morgan fingerprint density at radius 3 is 2.39 bits per heavy atom. The van der Waals surface area contributed by atoms with Crippen molar-refractivity contribution in [2.75, 3.05) is 20.1 Å². The number of aryl methyl sites for hydroxylation is 1. The van der Waals surface area contributed by atoms with Crippen LogP contribution in [0.5, 0.6) is 0 Å². The quantitative estimate of drug-likeness (QED) is 0.523. The van der Waals surface area contributed by atoms with E-state index in [9.17, 15) is 4.79 Å². The van der Waals surface area contributed by atoms with Crippen molar-refractivity contribution in [3.63, 3.8) is 0 Å². The maximum absolute atomic E-state index is 12.3. The zero-order chi connectivity index (χ0) is 21.4. The van der Waals surface area contributed by atoms with Crippen LogP contribution >= 0.6 is 0 Å². The topological polar surface area (TPSA) is 83.8 Å². The first-order valence-corrected chi connectivity index (χ1v) is 10.0. The molecule has 1 aromatic rings. The molecule has 28 heavy (non-hydrogen) atoms. The number of hydrogen-bond donors (Lipinski definition) is 2. The molecular formula is C20H38N6O2. The molecule has 0 spiro atoms. The van der Waals surface area contributed by atoms with E-state index < -0.39 is 17.2 Å². The van der Waals surface area contributed by atoms with Crippen LogP contribution in [0.4, 0.5) is 4.79 Å². The molecule has 1 amide bonds. The Morgan fingerprint density at radius 1 is 1.29 bits per heavy atom. The van der Waals surface area contributed by atoms with Crippen LogP contribution in [0.25, 0.3) is 0 Å². The molecule has 8 nitrogen and oxygen atoms in total. The molecule has 0 radical (unpaired) electrons. The molecule has 0 fully saturated rings. The van der Waals surface area contributed by atoms with E-state index in [0.29, 0.717) is 13.1 Å². The normalized spacial score (nSPS) is 12.6. The Hall–Kier alpha value is -2.25. The van der Waals surface area contributed by atoms with E-state index in [2.05, 4.69) is 34.5 Å². The summed E-state index contributed by atoms with van der Waals surface area (Å²) in [7, 11) is 3.90. The Labute approximate surface area is 169 Å². The van der Waals surface area contributed by atoms with Gasteiger partial charge in [0.25, 0.3) is 0 Å². The Balaban J connectivity index is 2.90. The monoisotopic (exact) mass is 394 g/mol. The summed E-state index contributed by atoms with van der Waals surface area (Å²) < 4.78 is 7.24. The van der Waals surface area contributed by atoms with Gasteiger partial charge in [-0.2, -0.15) is 5.10 Å². The number of carbonyl (C=O) groups is 1. The summed E-state index contributed by atoms with van der Waals surface area (Å²) in [5.74, 6) is 0.795. The van der Waals surface area contributed by atoms with Crippen molar-refractivity contribution in [1.29, 1.82) is 0 Å². The van der Waals surface area contributed by atoms with Gasteiger partial charge in [0.05, 0.1) is 18.3 Å². The average Bonchev–Trinajstić information content (AvgIpc) is 3.00. The van der Waals surface area contributed by atoms with Gasteiger partial charge in [-0.05, 0) is 40.5 Å². The van der Waals surface area contributed by atoms with Gasteiger partial charge in [-0.15, -0.1) is 0 Å². The highest BCUT2D eigenvalue weighted by Crippen LogP contribution is 2.18. The number of rotatable bonds is 8. The van der Waals surface area contributed by atoms with Gasteiger partial charge < -0.3 is 20.3 Å². The maximum atomic E-state index is 12.3. The number of aliphatic imine (C=N–C) groups is 1. The first-order chi connectivity index (χ1) is 13.0. The fourth-order valence-electron chi connectivity index (χ4n) is 2.81. The second-order valence-electron chi connectivity index (χ2n) is 8.16. The van der Waals surface area contributed by atoms with Gasteiger partial charge in [0.15, 0.2) is 5.96 Å². The SMILES string of the molecule is CCNC(=NCC(CC)(CC)NC(=O)OC(C)(C)C)N(C)Cc1cnn(C)c1. The second-order valence-corrected chi connectivity index (χ2v) is 8.16. The summed E-state index contributed by atoms with van der Waals surface area (Å²) in [4.78, 5) is 19.2. The van der Waals surface area contributed by atoms with Crippen molar-refractivity contribution in [3.05, 3.63) is 18.0 Å². The summed E-state index contributed by atoms with van der Waals surface area (Å²) >= 11 is 0. The van der Waals surface area contributed by atoms with Crippen LogP contribution in [-0.4, -0.2) is 58.0 Å². The number of amides is 1. The number of guanidine groups is 1. The van der Waals surface area contributed by atoms with Gasteiger partial charge in [-0.3, -0.25) is 9.67 Å². The summed E-state index contributed by atoms with van der Waals surface area (Å²) in [5, 5.41) is 10.6. The van der Waals surface area contributed by atoms with Crippen molar-refractivity contribution >= 4 is 12.1 Å². The number of hydrogen-bond acceptors (Lipinski definition) is 4. The van der Waals surface area contributed by atoms with Crippen molar-refractivity contribution < 1.29 is 9.53 Å². The number of alkyl carbamates (subject to hydrolysis) is 1. The number of carbonyl (C=O) groups excluding carboxylic acids is 1. The molecule has 1 aromatic heterocycles. The Bertz CT molecular complexity index is 643. The number of aromatic nitrogens is 2. The van der Waals surface area contributed by atoms with Crippen LogP contribution in [0, 0.1) is 0 Å². The van der Waals surface area contributed by atoms with Crippen LogP contribution in [-0.2, 0) is 18.3 Å². The molecule has 0 aromatic carbocycles. The molecule has 0 saturated carbocycles. The van der Waals surface area contributed by atoms with Gasteiger partial charge in [0, 0.05) is 38.9 Å². The van der Waals surface area contributed by atoms with Crippen LogP contribution < -0.4 is 10.6 Å². The van der Waals surface area contributed by atoms with Gasteiger partial charge in [0.1, 0.15) is 5.60 Å². The van der Waals surface area contributed by atoms with Crippen molar-refractivity contribution in [2.24, 2.45) is 12.0 Å². The van der Waals surface area contributed by atoms with Gasteiger partial charge >= 0.3 is 6.09 Å². The van der Waals surface area contributed by atoms with E-state index in [1.165, 1.54) is 0 Å². The van der Waals surface area contributed by atoms with E-state index >= 15 is 0 Å². The molecule has 160 valence electrons. The summed E-state index contributed by atoms with van der Waals surface area (Å²) in [5.41, 5.74) is 0.136. The molecule has 0 unspecified atom stereocenters. The first-order valence-electron chi connectivity index (χ1n) is 10.0. The van der Waals surface area contributed by atoms with E-state index in [-0.39, 0.29) is 0 Å². The lowest BCUT2D eigenvalue weighted by Gasteiger charge is -2.33. The third-order valence-corrected chi connectivity index (χ3v) is 4.53. The molecular weight excluding hydrogens is 356 g/mol. The lowest BCUT2D eigenvalue weighted by Crippen LogP contribution is -2.52. The molecule has 1 rings (SSSR count). The molecule has 0 aliphatic heterocycles. The molecule has 0 bridgehead atoms. The number of ether oxygens (including phenoxy) is 1. The second kappa shape index (κ2) is 10.3. The lowest BCUT2D eigenvalue weighted by molar-refractivity contribution is 0.0451. The predicted molar refractivity (Wildman–Crippen MR) is 113 cm³/mol. The summed E-state index contributed by atoms with van der Waals surface area (Å²) in [6.45, 7) is 13.7. The fourth-order valence-corrected chi connectivity index (χ4v) is 2.81. The first kappa shape index (κ1) is 23.8. The lowest BCUT2D eigenvalue weighted by atomic mass is 9.93. The van der Waals surface area contributed by atoms with Gasteiger partial charge in [-0.1, -0.05) is 13.8 Å². The van der Waals surface area contributed by atoms with Crippen LogP contribution in [0.15, 0.2) is 17.4 Å². The standard InChI is InChI=1S/C20H38N6O2/c1-9-20(10-2,24-18(27)28-19(4,5)6)15-22-17(21-11-3)25(7)13-16-12-23-26(8)14-16/h12,14H,9-11,13,15H2,1-8H3,(H,21,22)(H,24,27). The minimum absolute atomic E-state index is 0.403.